The van der Waals surface area contributed by atoms with Gasteiger partial charge < -0.3 is 9.47 Å². The fourth-order valence-electron chi connectivity index (χ4n) is 2.97. The summed E-state index contributed by atoms with van der Waals surface area (Å²) < 4.78 is 38.7. The van der Waals surface area contributed by atoms with Gasteiger partial charge in [-0.2, -0.15) is 4.31 Å². The number of morpholine rings is 1. The summed E-state index contributed by atoms with van der Waals surface area (Å²) in [5.41, 5.74) is 2.08. The van der Waals surface area contributed by atoms with E-state index in [1.54, 1.807) is 12.1 Å². The van der Waals surface area contributed by atoms with Gasteiger partial charge in [0.15, 0.2) is 0 Å². The lowest BCUT2D eigenvalue weighted by molar-refractivity contribution is -0.00292. The zero-order chi connectivity index (χ0) is 18.0. The van der Waals surface area contributed by atoms with Crippen LogP contribution in [-0.2, 0) is 14.8 Å². The van der Waals surface area contributed by atoms with E-state index in [1.165, 1.54) is 17.5 Å². The highest BCUT2D eigenvalue weighted by Crippen LogP contribution is 2.33. The van der Waals surface area contributed by atoms with Gasteiger partial charge in [-0.15, -0.1) is 0 Å². The number of methoxy groups -OCH3 is 1. The quantitative estimate of drug-likeness (QED) is 0.814. The van der Waals surface area contributed by atoms with Crippen LogP contribution >= 0.6 is 11.6 Å². The van der Waals surface area contributed by atoms with Crippen LogP contribution in [0.3, 0.4) is 0 Å². The molecule has 5 nitrogen and oxygen atoms in total. The van der Waals surface area contributed by atoms with Crippen molar-refractivity contribution in [3.63, 3.8) is 0 Å². The van der Waals surface area contributed by atoms with Crippen molar-refractivity contribution in [2.45, 2.75) is 17.9 Å². The van der Waals surface area contributed by atoms with Crippen LogP contribution in [0.25, 0.3) is 0 Å². The van der Waals surface area contributed by atoms with Crippen molar-refractivity contribution in [2.75, 3.05) is 26.8 Å². The zero-order valence-corrected chi connectivity index (χ0v) is 15.7. The standard InChI is InChI=1S/C18H20ClNO4S/c1-13-5-3-4-6-15(13)17-12-20(9-10-24-17)25(21,22)18-11-14(19)7-8-16(18)23-2/h3-8,11,17H,9-10,12H2,1-2H3. The van der Waals surface area contributed by atoms with Crippen LogP contribution in [0.15, 0.2) is 47.4 Å². The number of halogens is 1. The van der Waals surface area contributed by atoms with Gasteiger partial charge in [-0.25, -0.2) is 8.42 Å². The monoisotopic (exact) mass is 381 g/mol. The second-order valence-corrected chi connectivity index (χ2v) is 8.22. The molecule has 3 rings (SSSR count). The summed E-state index contributed by atoms with van der Waals surface area (Å²) in [7, 11) is -2.29. The number of ether oxygens (including phenoxy) is 2. The van der Waals surface area contributed by atoms with Crippen molar-refractivity contribution in [3.8, 4) is 5.75 Å². The van der Waals surface area contributed by atoms with Crippen molar-refractivity contribution in [2.24, 2.45) is 0 Å². The summed E-state index contributed by atoms with van der Waals surface area (Å²) in [5.74, 6) is 0.281. The maximum absolute atomic E-state index is 13.1. The fourth-order valence-corrected chi connectivity index (χ4v) is 4.81. The summed E-state index contributed by atoms with van der Waals surface area (Å²) in [6, 6.07) is 12.4. The zero-order valence-electron chi connectivity index (χ0n) is 14.1. The van der Waals surface area contributed by atoms with Gasteiger partial charge >= 0.3 is 0 Å². The van der Waals surface area contributed by atoms with E-state index in [2.05, 4.69) is 0 Å². The lowest BCUT2D eigenvalue weighted by Crippen LogP contribution is -2.42. The fraction of sp³-hybridized carbons (Fsp3) is 0.333. The Bertz CT molecular complexity index is 869. The molecule has 1 atom stereocenters. The maximum Gasteiger partial charge on any atom is 0.246 e. The molecule has 0 aliphatic carbocycles. The number of hydrogen-bond acceptors (Lipinski definition) is 4. The first-order valence-electron chi connectivity index (χ1n) is 7.94. The molecule has 1 fully saturated rings. The van der Waals surface area contributed by atoms with Crippen LogP contribution < -0.4 is 4.74 Å². The van der Waals surface area contributed by atoms with E-state index in [0.29, 0.717) is 18.2 Å². The molecule has 7 heteroatoms. The Morgan fingerprint density at radius 3 is 2.72 bits per heavy atom. The molecule has 1 aliphatic rings. The molecule has 0 radical (unpaired) electrons. The number of sulfonamides is 1. The van der Waals surface area contributed by atoms with Gasteiger partial charge in [0.1, 0.15) is 10.6 Å². The summed E-state index contributed by atoms with van der Waals surface area (Å²) in [4.78, 5) is 0.0768. The lowest BCUT2D eigenvalue weighted by atomic mass is 10.0. The molecule has 0 bridgehead atoms. The Morgan fingerprint density at radius 2 is 2.00 bits per heavy atom. The number of rotatable bonds is 4. The molecule has 1 saturated heterocycles. The lowest BCUT2D eigenvalue weighted by Gasteiger charge is -2.33. The summed E-state index contributed by atoms with van der Waals surface area (Å²) in [6.45, 7) is 2.87. The minimum absolute atomic E-state index is 0.0768. The summed E-state index contributed by atoms with van der Waals surface area (Å²) in [6.07, 6.45) is -0.296. The molecule has 134 valence electrons. The Kier molecular flexibility index (Phi) is 5.34. The molecule has 1 aliphatic heterocycles. The van der Waals surface area contributed by atoms with Crippen molar-refractivity contribution in [3.05, 3.63) is 58.6 Å². The number of nitrogens with zero attached hydrogens (tertiary/aromatic N) is 1. The third-order valence-electron chi connectivity index (χ3n) is 4.31. The predicted octanol–water partition coefficient (Wildman–Crippen LogP) is 3.42. The van der Waals surface area contributed by atoms with E-state index < -0.39 is 10.0 Å². The maximum atomic E-state index is 13.1. The third-order valence-corrected chi connectivity index (χ3v) is 6.43. The number of aryl methyl sites for hydroxylation is 1. The second kappa shape index (κ2) is 7.33. The first-order valence-corrected chi connectivity index (χ1v) is 9.76. The van der Waals surface area contributed by atoms with Crippen LogP contribution in [0.5, 0.6) is 5.75 Å². The van der Waals surface area contributed by atoms with Gasteiger partial charge in [0, 0.05) is 18.1 Å². The summed E-state index contributed by atoms with van der Waals surface area (Å²) >= 11 is 6.00. The van der Waals surface area contributed by atoms with E-state index in [1.807, 2.05) is 31.2 Å². The van der Waals surface area contributed by atoms with Crippen molar-refractivity contribution >= 4 is 21.6 Å². The number of benzene rings is 2. The molecule has 1 heterocycles. The highest BCUT2D eigenvalue weighted by atomic mass is 35.5. The van der Waals surface area contributed by atoms with Crippen molar-refractivity contribution in [1.82, 2.24) is 4.31 Å². The minimum atomic E-state index is -3.74. The third kappa shape index (κ3) is 3.67. The highest BCUT2D eigenvalue weighted by Gasteiger charge is 2.33. The van der Waals surface area contributed by atoms with Crippen LogP contribution in [0, 0.1) is 6.92 Å². The van der Waals surface area contributed by atoms with Gasteiger partial charge in [0.25, 0.3) is 0 Å². The smallest absolute Gasteiger partial charge is 0.246 e. The SMILES string of the molecule is COc1ccc(Cl)cc1S(=O)(=O)N1CCOC(c2ccccc2C)C1. The molecule has 2 aromatic rings. The molecular formula is C18H20ClNO4S. The molecule has 0 saturated carbocycles. The first kappa shape index (κ1) is 18.2. The topological polar surface area (TPSA) is 55.8 Å². The van der Waals surface area contributed by atoms with Gasteiger partial charge in [-0.3, -0.25) is 0 Å². The van der Waals surface area contributed by atoms with Crippen molar-refractivity contribution < 1.29 is 17.9 Å². The van der Waals surface area contributed by atoms with Crippen molar-refractivity contribution in [1.29, 1.82) is 0 Å². The van der Waals surface area contributed by atoms with Crippen LogP contribution in [-0.4, -0.2) is 39.5 Å². The van der Waals surface area contributed by atoms with Crippen LogP contribution in [0.4, 0.5) is 0 Å². The largest absolute Gasteiger partial charge is 0.495 e. The molecule has 0 spiro atoms. The number of hydrogen-bond donors (Lipinski definition) is 0. The van der Waals surface area contributed by atoms with Crippen LogP contribution in [0.2, 0.25) is 5.02 Å². The molecular weight excluding hydrogens is 362 g/mol. The van der Waals surface area contributed by atoms with Gasteiger partial charge in [0.2, 0.25) is 10.0 Å². The average Bonchev–Trinajstić information content (AvgIpc) is 2.62. The Morgan fingerprint density at radius 1 is 1.24 bits per heavy atom. The van der Waals surface area contributed by atoms with E-state index in [4.69, 9.17) is 21.1 Å². The minimum Gasteiger partial charge on any atom is -0.495 e. The van der Waals surface area contributed by atoms with E-state index in [9.17, 15) is 8.42 Å². The molecule has 1 unspecified atom stereocenters. The average molecular weight is 382 g/mol. The molecule has 0 amide bonds. The normalized spacial score (nSPS) is 18.9. The van der Waals surface area contributed by atoms with Crippen LogP contribution in [0.1, 0.15) is 17.2 Å². The van der Waals surface area contributed by atoms with E-state index in [0.717, 1.165) is 11.1 Å². The Hall–Kier alpha value is -1.60. The molecule has 0 aromatic heterocycles. The molecule has 2 aromatic carbocycles. The predicted molar refractivity (Wildman–Crippen MR) is 96.6 cm³/mol. The molecule has 25 heavy (non-hydrogen) atoms. The highest BCUT2D eigenvalue weighted by molar-refractivity contribution is 7.89. The van der Waals surface area contributed by atoms with E-state index in [-0.39, 0.29) is 23.3 Å². The van der Waals surface area contributed by atoms with Gasteiger partial charge in [-0.05, 0) is 36.2 Å². The summed E-state index contributed by atoms with van der Waals surface area (Å²) in [5, 5.41) is 0.350. The first-order chi connectivity index (χ1) is 11.9. The second-order valence-electron chi connectivity index (χ2n) is 5.87. The Labute approximate surface area is 153 Å². The van der Waals surface area contributed by atoms with Gasteiger partial charge in [-0.1, -0.05) is 35.9 Å². The van der Waals surface area contributed by atoms with E-state index >= 15 is 0 Å². The molecule has 0 N–H and O–H groups in total. The van der Waals surface area contributed by atoms with Gasteiger partial charge in [0.05, 0.1) is 19.8 Å². The Balaban J connectivity index is 1.93.